The van der Waals surface area contributed by atoms with Crippen molar-refractivity contribution in [1.82, 2.24) is 9.29 Å². The number of rotatable bonds is 5. The fourth-order valence-corrected chi connectivity index (χ4v) is 6.30. The topological polar surface area (TPSA) is 57.8 Å². The fourth-order valence-electron chi connectivity index (χ4n) is 5.24. The molecule has 1 unspecified atom stereocenters. The van der Waals surface area contributed by atoms with Crippen molar-refractivity contribution < 1.29 is 4.39 Å². The standard InChI is InChI=1S/C28H32FN5S/c1-2-28-16-21(17-30)27(32-24-8-6-23(29)7-9-24)14-22(28)10-13-34(20-28)35-26-15-25(18-31-19-26)33-11-4-3-5-12-33/h2,6-9,14-15,17-19H,1,3-5,10-13,16,20,30H2. The van der Waals surface area contributed by atoms with E-state index in [1.54, 1.807) is 30.3 Å². The van der Waals surface area contributed by atoms with Gasteiger partial charge in [0.2, 0.25) is 0 Å². The highest BCUT2D eigenvalue weighted by molar-refractivity contribution is 7.97. The van der Waals surface area contributed by atoms with Gasteiger partial charge in [0.1, 0.15) is 5.82 Å². The lowest BCUT2D eigenvalue weighted by molar-refractivity contribution is 0.278. The maximum atomic E-state index is 13.3. The highest BCUT2D eigenvalue weighted by Crippen LogP contribution is 2.47. The Kier molecular flexibility index (Phi) is 7.07. The summed E-state index contributed by atoms with van der Waals surface area (Å²) in [6.07, 6.45) is 15.3. The van der Waals surface area contributed by atoms with Crippen LogP contribution in [0.3, 0.4) is 0 Å². The maximum absolute atomic E-state index is 13.3. The summed E-state index contributed by atoms with van der Waals surface area (Å²) >= 11 is 1.78. The first kappa shape index (κ1) is 23.8. The highest BCUT2D eigenvalue weighted by atomic mass is 32.2. The van der Waals surface area contributed by atoms with E-state index < -0.39 is 0 Å². The zero-order valence-corrected chi connectivity index (χ0v) is 20.8. The molecule has 1 aromatic heterocycles. The summed E-state index contributed by atoms with van der Waals surface area (Å²) in [5.74, 6) is -0.266. The molecule has 2 N–H and O–H groups in total. The smallest absolute Gasteiger partial charge is 0.123 e. The average molecular weight is 490 g/mol. The van der Waals surface area contributed by atoms with E-state index in [-0.39, 0.29) is 11.2 Å². The number of anilines is 1. The quantitative estimate of drug-likeness (QED) is 0.410. The maximum Gasteiger partial charge on any atom is 0.123 e. The van der Waals surface area contributed by atoms with Crippen LogP contribution in [0.2, 0.25) is 0 Å². The first-order chi connectivity index (χ1) is 17.1. The zero-order valence-electron chi connectivity index (χ0n) is 20.0. The SMILES string of the molecule is C=CC12CC(=CN)C(=Nc3ccc(F)cc3)C=C1CCN(Sc1cncc(N3CCCCC3)c1)C2. The highest BCUT2D eigenvalue weighted by Gasteiger charge is 2.41. The van der Waals surface area contributed by atoms with Crippen LogP contribution in [-0.2, 0) is 0 Å². The van der Waals surface area contributed by atoms with Crippen molar-refractivity contribution in [3.63, 3.8) is 0 Å². The Labute approximate surface area is 211 Å². The van der Waals surface area contributed by atoms with Gasteiger partial charge in [-0.3, -0.25) is 4.98 Å². The molecule has 0 spiro atoms. The van der Waals surface area contributed by atoms with Crippen molar-refractivity contribution >= 4 is 29.0 Å². The van der Waals surface area contributed by atoms with Crippen molar-refractivity contribution in [3.8, 4) is 0 Å². The number of halogens is 1. The molecule has 7 heteroatoms. The third-order valence-electron chi connectivity index (χ3n) is 7.20. The first-order valence-electron chi connectivity index (χ1n) is 12.3. The molecule has 2 aliphatic heterocycles. The number of fused-ring (bicyclic) bond motifs is 1. The van der Waals surface area contributed by atoms with Crippen molar-refractivity contribution in [2.24, 2.45) is 16.1 Å². The van der Waals surface area contributed by atoms with Crippen LogP contribution in [-0.4, -0.2) is 41.2 Å². The molecule has 2 aromatic rings. The Balaban J connectivity index is 1.35. The Morgan fingerprint density at radius 2 is 1.91 bits per heavy atom. The van der Waals surface area contributed by atoms with Gasteiger partial charge >= 0.3 is 0 Å². The second-order valence-corrected chi connectivity index (χ2v) is 10.7. The number of aromatic nitrogens is 1. The summed E-state index contributed by atoms with van der Waals surface area (Å²) in [6.45, 7) is 8.23. The van der Waals surface area contributed by atoms with E-state index in [0.717, 1.165) is 56.0 Å². The Morgan fingerprint density at radius 3 is 2.66 bits per heavy atom. The zero-order chi connectivity index (χ0) is 24.3. The van der Waals surface area contributed by atoms with Gasteiger partial charge in [-0.15, -0.1) is 6.58 Å². The van der Waals surface area contributed by atoms with E-state index in [1.807, 2.05) is 12.4 Å². The number of hydrogen-bond donors (Lipinski definition) is 1. The van der Waals surface area contributed by atoms with Crippen LogP contribution in [0, 0.1) is 11.2 Å². The molecule has 1 aliphatic carbocycles. The molecule has 0 saturated carbocycles. The third-order valence-corrected chi connectivity index (χ3v) is 8.20. The van der Waals surface area contributed by atoms with Crippen LogP contribution in [0.25, 0.3) is 0 Å². The van der Waals surface area contributed by atoms with E-state index >= 15 is 0 Å². The van der Waals surface area contributed by atoms with Crippen molar-refractivity contribution in [1.29, 1.82) is 0 Å². The first-order valence-corrected chi connectivity index (χ1v) is 13.1. The van der Waals surface area contributed by atoms with Crippen LogP contribution < -0.4 is 10.6 Å². The number of hydrogen-bond acceptors (Lipinski definition) is 6. The monoisotopic (exact) mass is 489 g/mol. The van der Waals surface area contributed by atoms with E-state index in [1.165, 1.54) is 47.6 Å². The molecule has 1 aromatic carbocycles. The molecule has 0 amide bonds. The second-order valence-electron chi connectivity index (χ2n) is 9.50. The molecule has 35 heavy (non-hydrogen) atoms. The van der Waals surface area contributed by atoms with Gasteiger partial charge in [-0.05, 0) is 92.2 Å². The summed E-state index contributed by atoms with van der Waals surface area (Å²) in [4.78, 5) is 12.9. The lowest BCUT2D eigenvalue weighted by atomic mass is 9.67. The van der Waals surface area contributed by atoms with Gasteiger partial charge in [-0.25, -0.2) is 13.7 Å². The molecule has 2 fully saturated rings. The van der Waals surface area contributed by atoms with Gasteiger partial charge < -0.3 is 10.6 Å². The minimum absolute atomic E-state index is 0.184. The normalized spacial score (nSPS) is 25.4. The predicted octanol–water partition coefficient (Wildman–Crippen LogP) is 6.04. The summed E-state index contributed by atoms with van der Waals surface area (Å²) in [7, 11) is 0. The van der Waals surface area contributed by atoms with Gasteiger partial charge in [0.15, 0.2) is 0 Å². The molecule has 0 bridgehead atoms. The summed E-state index contributed by atoms with van der Waals surface area (Å²) < 4.78 is 15.7. The Morgan fingerprint density at radius 1 is 1.11 bits per heavy atom. The largest absolute Gasteiger partial charge is 0.404 e. The molecule has 0 radical (unpaired) electrons. The number of nitrogens with two attached hydrogens (primary N) is 1. The van der Waals surface area contributed by atoms with Gasteiger partial charge in [-0.1, -0.05) is 11.6 Å². The van der Waals surface area contributed by atoms with Crippen LogP contribution in [0.15, 0.2) is 88.7 Å². The fraction of sp³-hybridized carbons (Fsp3) is 0.357. The molecule has 3 heterocycles. The average Bonchev–Trinajstić information content (AvgIpc) is 2.90. The number of benzene rings is 1. The molecular formula is C28H32FN5S. The molecule has 182 valence electrons. The van der Waals surface area contributed by atoms with E-state index in [4.69, 9.17) is 10.7 Å². The third kappa shape index (κ3) is 5.21. The molecule has 5 nitrogen and oxygen atoms in total. The number of allylic oxidation sites excluding steroid dienone is 2. The lowest BCUT2D eigenvalue weighted by Gasteiger charge is -2.45. The van der Waals surface area contributed by atoms with Gasteiger partial charge in [0, 0.05) is 42.7 Å². The molecular weight excluding hydrogens is 457 g/mol. The second kappa shape index (κ2) is 10.4. The van der Waals surface area contributed by atoms with Gasteiger partial charge in [-0.2, -0.15) is 0 Å². The Hall–Kier alpha value is -2.90. The van der Waals surface area contributed by atoms with Crippen LogP contribution >= 0.6 is 11.9 Å². The summed E-state index contributed by atoms with van der Waals surface area (Å²) in [6, 6.07) is 8.51. The minimum Gasteiger partial charge on any atom is -0.404 e. The van der Waals surface area contributed by atoms with Crippen LogP contribution in [0.1, 0.15) is 32.1 Å². The van der Waals surface area contributed by atoms with Crippen LogP contribution in [0.5, 0.6) is 0 Å². The van der Waals surface area contributed by atoms with E-state index in [0.29, 0.717) is 0 Å². The van der Waals surface area contributed by atoms with E-state index in [2.05, 4.69) is 39.0 Å². The minimum atomic E-state index is -0.266. The molecule has 2 saturated heterocycles. The number of nitrogens with zero attached hydrogens (tertiary/aromatic N) is 4. The van der Waals surface area contributed by atoms with Crippen molar-refractivity contribution in [3.05, 3.63) is 84.6 Å². The van der Waals surface area contributed by atoms with E-state index in [9.17, 15) is 4.39 Å². The van der Waals surface area contributed by atoms with Gasteiger partial charge in [0.05, 0.1) is 23.3 Å². The molecule has 1 atom stereocenters. The lowest BCUT2D eigenvalue weighted by Crippen LogP contribution is -2.43. The summed E-state index contributed by atoms with van der Waals surface area (Å²) in [5.41, 5.74) is 11.0. The Bertz CT molecular complexity index is 1170. The molecule has 5 rings (SSSR count). The molecule has 3 aliphatic rings. The van der Waals surface area contributed by atoms with Crippen LogP contribution in [0.4, 0.5) is 15.8 Å². The number of aliphatic imine (C=N–C) groups is 1. The number of pyridine rings is 1. The predicted molar refractivity (Wildman–Crippen MR) is 143 cm³/mol. The number of piperidine rings is 2. The van der Waals surface area contributed by atoms with Crippen molar-refractivity contribution in [2.75, 3.05) is 31.1 Å². The van der Waals surface area contributed by atoms with Crippen molar-refractivity contribution in [2.45, 2.75) is 37.0 Å². The summed E-state index contributed by atoms with van der Waals surface area (Å²) in [5, 5.41) is 0. The van der Waals surface area contributed by atoms with Gasteiger partial charge in [0.25, 0.3) is 0 Å².